The molecule has 0 unspecified atom stereocenters. The Labute approximate surface area is 179 Å². The summed E-state index contributed by atoms with van der Waals surface area (Å²) >= 11 is 0. The van der Waals surface area contributed by atoms with Gasteiger partial charge in [0.25, 0.3) is 0 Å². The Morgan fingerprint density at radius 1 is 0.867 bits per heavy atom. The minimum atomic E-state index is -3.76. The van der Waals surface area contributed by atoms with Gasteiger partial charge in [0.15, 0.2) is 15.6 Å². The Hall–Kier alpha value is -2.92. The fourth-order valence-electron chi connectivity index (χ4n) is 3.36. The molecule has 0 bridgehead atoms. The number of hydrogen-bond acceptors (Lipinski definition) is 4. The first-order chi connectivity index (χ1) is 14.2. The quantitative estimate of drug-likeness (QED) is 0.495. The Kier molecular flexibility index (Phi) is 6.42. The number of benzene rings is 3. The predicted molar refractivity (Wildman–Crippen MR) is 122 cm³/mol. The Morgan fingerprint density at radius 3 is 2.07 bits per heavy atom. The summed E-state index contributed by atoms with van der Waals surface area (Å²) in [6.07, 6.45) is -0.111. The molecule has 0 saturated heterocycles. The summed E-state index contributed by atoms with van der Waals surface area (Å²) < 4.78 is 27.2. The maximum absolute atomic E-state index is 13.6. The summed E-state index contributed by atoms with van der Waals surface area (Å²) in [5, 5.41) is -0.955. The Bertz CT molecular complexity index is 1130. The van der Waals surface area contributed by atoms with Gasteiger partial charge in [0, 0.05) is 31.8 Å². The van der Waals surface area contributed by atoms with Crippen LogP contribution in [-0.4, -0.2) is 28.3 Å². The van der Waals surface area contributed by atoms with E-state index in [-0.39, 0.29) is 17.1 Å². The van der Waals surface area contributed by atoms with Crippen LogP contribution in [0.15, 0.2) is 77.7 Å². The minimum absolute atomic E-state index is 0.111. The lowest BCUT2D eigenvalue weighted by Gasteiger charge is -2.20. The number of hydrogen-bond donors (Lipinski definition) is 0. The van der Waals surface area contributed by atoms with Crippen molar-refractivity contribution in [2.45, 2.75) is 30.4 Å². The monoisotopic (exact) mass is 421 g/mol. The SMILES string of the molecule is Cc1ccc(S(=O)(=O)[C@H](CC(=O)c2ccccc2)c2ccc(N(C)C)cc2)cc1C. The highest BCUT2D eigenvalue weighted by Gasteiger charge is 2.32. The molecule has 5 heteroatoms. The van der Waals surface area contributed by atoms with Crippen molar-refractivity contribution in [2.24, 2.45) is 0 Å². The average molecular weight is 422 g/mol. The van der Waals surface area contributed by atoms with E-state index in [9.17, 15) is 13.2 Å². The number of carbonyl (C=O) groups excluding carboxylic acids is 1. The minimum Gasteiger partial charge on any atom is -0.378 e. The van der Waals surface area contributed by atoms with Crippen LogP contribution in [0.25, 0.3) is 0 Å². The molecule has 0 aliphatic heterocycles. The van der Waals surface area contributed by atoms with E-state index in [4.69, 9.17) is 0 Å². The van der Waals surface area contributed by atoms with Gasteiger partial charge in [0.1, 0.15) is 0 Å². The summed E-state index contributed by atoms with van der Waals surface area (Å²) in [4.78, 5) is 15.1. The first-order valence-corrected chi connectivity index (χ1v) is 11.4. The van der Waals surface area contributed by atoms with Gasteiger partial charge in [-0.15, -0.1) is 0 Å². The number of carbonyl (C=O) groups is 1. The van der Waals surface area contributed by atoms with Crippen LogP contribution >= 0.6 is 0 Å². The van der Waals surface area contributed by atoms with Crippen LogP contribution in [-0.2, 0) is 9.84 Å². The molecule has 0 amide bonds. The zero-order valence-electron chi connectivity index (χ0n) is 17.8. The van der Waals surface area contributed by atoms with Crippen LogP contribution in [0.4, 0.5) is 5.69 Å². The number of aryl methyl sites for hydroxylation is 2. The lowest BCUT2D eigenvalue weighted by Crippen LogP contribution is -2.18. The lowest BCUT2D eigenvalue weighted by atomic mass is 10.0. The lowest BCUT2D eigenvalue weighted by molar-refractivity contribution is 0.0980. The average Bonchev–Trinajstić information content (AvgIpc) is 2.74. The van der Waals surface area contributed by atoms with Crippen molar-refractivity contribution in [3.63, 3.8) is 0 Å². The maximum atomic E-state index is 13.6. The molecule has 0 heterocycles. The molecule has 0 fully saturated rings. The Balaban J connectivity index is 2.06. The zero-order valence-corrected chi connectivity index (χ0v) is 18.6. The third-order valence-electron chi connectivity index (χ3n) is 5.43. The molecule has 0 aromatic heterocycles. The number of ketones is 1. The number of nitrogens with zero attached hydrogens (tertiary/aromatic N) is 1. The first kappa shape index (κ1) is 21.8. The second kappa shape index (κ2) is 8.84. The largest absolute Gasteiger partial charge is 0.378 e. The molecule has 3 aromatic carbocycles. The van der Waals surface area contributed by atoms with Crippen molar-refractivity contribution in [1.29, 1.82) is 0 Å². The number of anilines is 1. The van der Waals surface area contributed by atoms with Crippen molar-refractivity contribution in [3.05, 3.63) is 95.1 Å². The molecule has 4 nitrogen and oxygen atoms in total. The van der Waals surface area contributed by atoms with Crippen molar-refractivity contribution in [3.8, 4) is 0 Å². The van der Waals surface area contributed by atoms with Crippen LogP contribution in [0.1, 0.15) is 38.7 Å². The summed E-state index contributed by atoms with van der Waals surface area (Å²) in [6.45, 7) is 3.84. The smallest absolute Gasteiger partial charge is 0.185 e. The van der Waals surface area contributed by atoms with Crippen molar-refractivity contribution < 1.29 is 13.2 Å². The van der Waals surface area contributed by atoms with Gasteiger partial charge in [-0.1, -0.05) is 48.5 Å². The van der Waals surface area contributed by atoms with E-state index in [1.807, 2.05) is 57.1 Å². The van der Waals surface area contributed by atoms with Crippen molar-refractivity contribution in [2.75, 3.05) is 19.0 Å². The zero-order chi connectivity index (χ0) is 21.9. The second-order valence-electron chi connectivity index (χ2n) is 7.76. The summed E-state index contributed by atoms with van der Waals surface area (Å²) in [5.41, 5.74) is 4.04. The standard InChI is InChI=1S/C25H27NO3S/c1-18-10-15-23(16-19(18)2)30(28,29)25(17-24(27)20-8-6-5-7-9-20)21-11-13-22(14-12-21)26(3)4/h5-16,25H,17H2,1-4H3/t25-/m1/s1. The number of rotatable bonds is 7. The first-order valence-electron chi connectivity index (χ1n) is 9.87. The summed E-state index contributed by atoms with van der Waals surface area (Å²) in [7, 11) is 0.0917. The fraction of sp³-hybridized carbons (Fsp3) is 0.240. The fourth-order valence-corrected chi connectivity index (χ4v) is 5.17. The predicted octanol–water partition coefficient (Wildman–Crippen LogP) is 5.16. The van der Waals surface area contributed by atoms with Gasteiger partial charge in [-0.05, 0) is 54.8 Å². The highest BCUT2D eigenvalue weighted by molar-refractivity contribution is 7.91. The van der Waals surface area contributed by atoms with Gasteiger partial charge in [-0.3, -0.25) is 4.79 Å². The van der Waals surface area contributed by atoms with E-state index in [2.05, 4.69) is 0 Å². The van der Waals surface area contributed by atoms with Gasteiger partial charge < -0.3 is 4.90 Å². The molecule has 0 aliphatic rings. The van der Waals surface area contributed by atoms with E-state index in [1.165, 1.54) is 0 Å². The van der Waals surface area contributed by atoms with Gasteiger partial charge in [-0.2, -0.15) is 0 Å². The van der Waals surface area contributed by atoms with Gasteiger partial charge in [0.05, 0.1) is 10.1 Å². The van der Waals surface area contributed by atoms with Crippen LogP contribution in [0.2, 0.25) is 0 Å². The van der Waals surface area contributed by atoms with E-state index in [0.29, 0.717) is 11.1 Å². The number of Topliss-reactive ketones (excluding diaryl/α,β-unsaturated/α-hetero) is 1. The highest BCUT2D eigenvalue weighted by atomic mass is 32.2. The van der Waals surface area contributed by atoms with Crippen molar-refractivity contribution in [1.82, 2.24) is 0 Å². The summed E-state index contributed by atoms with van der Waals surface area (Å²) in [5.74, 6) is -0.190. The van der Waals surface area contributed by atoms with E-state index in [1.54, 1.807) is 48.5 Å². The van der Waals surface area contributed by atoms with Gasteiger partial charge in [0.2, 0.25) is 0 Å². The van der Waals surface area contributed by atoms with Gasteiger partial charge in [-0.25, -0.2) is 8.42 Å². The third-order valence-corrected chi connectivity index (χ3v) is 7.53. The molecule has 0 N–H and O–H groups in total. The molecule has 156 valence electrons. The molecule has 0 radical (unpaired) electrons. The van der Waals surface area contributed by atoms with Crippen LogP contribution < -0.4 is 4.90 Å². The van der Waals surface area contributed by atoms with E-state index in [0.717, 1.165) is 16.8 Å². The molecule has 1 atom stereocenters. The molecule has 3 aromatic rings. The molecular weight excluding hydrogens is 394 g/mol. The van der Waals surface area contributed by atoms with Crippen LogP contribution in [0.3, 0.4) is 0 Å². The topological polar surface area (TPSA) is 54.5 Å². The molecular formula is C25H27NO3S. The number of sulfone groups is 1. The third kappa shape index (κ3) is 4.62. The van der Waals surface area contributed by atoms with Gasteiger partial charge >= 0.3 is 0 Å². The van der Waals surface area contributed by atoms with Crippen LogP contribution in [0.5, 0.6) is 0 Å². The highest BCUT2D eigenvalue weighted by Crippen LogP contribution is 2.34. The molecule has 0 spiro atoms. The molecule has 30 heavy (non-hydrogen) atoms. The van der Waals surface area contributed by atoms with Crippen LogP contribution in [0, 0.1) is 13.8 Å². The normalized spacial score (nSPS) is 12.4. The molecule has 3 rings (SSSR count). The Morgan fingerprint density at radius 2 is 1.50 bits per heavy atom. The summed E-state index contributed by atoms with van der Waals surface area (Å²) in [6, 6.07) is 21.3. The van der Waals surface area contributed by atoms with E-state index >= 15 is 0 Å². The van der Waals surface area contributed by atoms with Crippen molar-refractivity contribution >= 4 is 21.3 Å². The molecule has 0 saturated carbocycles. The molecule has 0 aliphatic carbocycles. The van der Waals surface area contributed by atoms with E-state index < -0.39 is 15.1 Å². The maximum Gasteiger partial charge on any atom is 0.185 e. The second-order valence-corrected chi connectivity index (χ2v) is 9.89.